The van der Waals surface area contributed by atoms with Gasteiger partial charge in [-0.25, -0.2) is 0 Å². The van der Waals surface area contributed by atoms with Gasteiger partial charge in [0.25, 0.3) is 0 Å². The van der Waals surface area contributed by atoms with Gasteiger partial charge < -0.3 is 5.32 Å². The van der Waals surface area contributed by atoms with Gasteiger partial charge in [-0.3, -0.25) is 4.79 Å². The SMILES string of the molecule is C=C/C=C1/NC(=O)CC/C1=C/C=C\C. The summed E-state index contributed by atoms with van der Waals surface area (Å²) in [4.78, 5) is 11.1. The molecule has 0 bridgehead atoms. The Bertz CT molecular complexity index is 321. The van der Waals surface area contributed by atoms with Crippen molar-refractivity contribution in [1.82, 2.24) is 5.32 Å². The highest BCUT2D eigenvalue weighted by Gasteiger charge is 2.15. The molecule has 1 aliphatic rings. The van der Waals surface area contributed by atoms with Crippen molar-refractivity contribution in [1.29, 1.82) is 0 Å². The molecule has 1 N–H and O–H groups in total. The Morgan fingerprint density at radius 2 is 2.14 bits per heavy atom. The Labute approximate surface area is 84.7 Å². The maximum Gasteiger partial charge on any atom is 0.224 e. The molecular formula is C12H15NO. The summed E-state index contributed by atoms with van der Waals surface area (Å²) < 4.78 is 0. The lowest BCUT2D eigenvalue weighted by Gasteiger charge is -2.18. The van der Waals surface area contributed by atoms with E-state index in [9.17, 15) is 4.79 Å². The van der Waals surface area contributed by atoms with Crippen LogP contribution in [0.4, 0.5) is 0 Å². The highest BCUT2D eigenvalue weighted by atomic mass is 16.1. The monoisotopic (exact) mass is 189 g/mol. The van der Waals surface area contributed by atoms with Crippen LogP contribution in [0.15, 0.2) is 48.2 Å². The van der Waals surface area contributed by atoms with Crippen LogP contribution in [0, 0.1) is 0 Å². The van der Waals surface area contributed by atoms with Crippen molar-refractivity contribution in [3.05, 3.63) is 48.2 Å². The second-order valence-corrected chi connectivity index (χ2v) is 3.08. The summed E-state index contributed by atoms with van der Waals surface area (Å²) in [5, 5.41) is 2.83. The van der Waals surface area contributed by atoms with Gasteiger partial charge in [-0.1, -0.05) is 30.9 Å². The summed E-state index contributed by atoms with van der Waals surface area (Å²) in [5.74, 6) is 0.0794. The third-order valence-electron chi connectivity index (χ3n) is 2.02. The summed E-state index contributed by atoms with van der Waals surface area (Å²) >= 11 is 0. The first-order valence-corrected chi connectivity index (χ1v) is 4.72. The molecule has 0 aromatic heterocycles. The molecular weight excluding hydrogens is 174 g/mol. The van der Waals surface area contributed by atoms with E-state index in [-0.39, 0.29) is 5.91 Å². The molecule has 74 valence electrons. The first kappa shape index (κ1) is 10.5. The van der Waals surface area contributed by atoms with Crippen LogP contribution in [0.1, 0.15) is 19.8 Å². The highest BCUT2D eigenvalue weighted by Crippen LogP contribution is 2.19. The zero-order valence-corrected chi connectivity index (χ0v) is 8.42. The molecule has 0 spiro atoms. The lowest BCUT2D eigenvalue weighted by molar-refractivity contribution is -0.120. The summed E-state index contributed by atoms with van der Waals surface area (Å²) in [6.45, 7) is 5.59. The maximum absolute atomic E-state index is 11.1. The van der Waals surface area contributed by atoms with Crippen molar-refractivity contribution in [2.45, 2.75) is 19.8 Å². The molecule has 1 saturated heterocycles. The van der Waals surface area contributed by atoms with Gasteiger partial charge in [0.2, 0.25) is 5.91 Å². The predicted molar refractivity (Wildman–Crippen MR) is 58.6 cm³/mol. The fourth-order valence-corrected chi connectivity index (χ4v) is 1.33. The minimum atomic E-state index is 0.0794. The number of allylic oxidation sites excluding steroid dienone is 6. The third-order valence-corrected chi connectivity index (χ3v) is 2.02. The Morgan fingerprint density at radius 1 is 1.36 bits per heavy atom. The Kier molecular flexibility index (Phi) is 3.92. The van der Waals surface area contributed by atoms with E-state index in [2.05, 4.69) is 11.9 Å². The van der Waals surface area contributed by atoms with E-state index in [1.165, 1.54) is 0 Å². The second kappa shape index (κ2) is 5.22. The van der Waals surface area contributed by atoms with Gasteiger partial charge in [-0.2, -0.15) is 0 Å². The number of amides is 1. The van der Waals surface area contributed by atoms with Gasteiger partial charge in [0.15, 0.2) is 0 Å². The molecule has 1 amide bonds. The van der Waals surface area contributed by atoms with E-state index in [1.54, 1.807) is 6.08 Å². The minimum Gasteiger partial charge on any atom is -0.326 e. The molecule has 0 unspecified atom stereocenters. The molecule has 1 heterocycles. The van der Waals surface area contributed by atoms with E-state index in [0.717, 1.165) is 17.7 Å². The maximum atomic E-state index is 11.1. The Morgan fingerprint density at radius 3 is 2.79 bits per heavy atom. The van der Waals surface area contributed by atoms with Gasteiger partial charge in [0.1, 0.15) is 0 Å². The van der Waals surface area contributed by atoms with Crippen LogP contribution in [0.5, 0.6) is 0 Å². The van der Waals surface area contributed by atoms with Crippen LogP contribution in [0.2, 0.25) is 0 Å². The number of carbonyl (C=O) groups is 1. The van der Waals surface area contributed by atoms with Crippen molar-refractivity contribution < 1.29 is 4.79 Å². The van der Waals surface area contributed by atoms with Gasteiger partial charge in [-0.05, 0) is 25.0 Å². The number of rotatable bonds is 2. The summed E-state index contributed by atoms with van der Waals surface area (Å²) in [5.41, 5.74) is 2.02. The van der Waals surface area contributed by atoms with Gasteiger partial charge in [0, 0.05) is 12.1 Å². The van der Waals surface area contributed by atoms with E-state index in [0.29, 0.717) is 6.42 Å². The van der Waals surface area contributed by atoms with Crippen molar-refractivity contribution in [3.8, 4) is 0 Å². The fourth-order valence-electron chi connectivity index (χ4n) is 1.33. The zero-order chi connectivity index (χ0) is 10.4. The van der Waals surface area contributed by atoms with Crippen molar-refractivity contribution in [2.24, 2.45) is 0 Å². The number of carbonyl (C=O) groups excluding carboxylic acids is 1. The van der Waals surface area contributed by atoms with Crippen LogP contribution in [0.3, 0.4) is 0 Å². The van der Waals surface area contributed by atoms with Crippen molar-refractivity contribution in [2.75, 3.05) is 0 Å². The molecule has 0 radical (unpaired) electrons. The average molecular weight is 189 g/mol. The molecule has 0 atom stereocenters. The number of hydrogen-bond acceptors (Lipinski definition) is 1. The molecule has 2 heteroatoms. The van der Waals surface area contributed by atoms with Crippen molar-refractivity contribution >= 4 is 5.91 Å². The minimum absolute atomic E-state index is 0.0794. The van der Waals surface area contributed by atoms with E-state index in [1.807, 2.05) is 31.2 Å². The van der Waals surface area contributed by atoms with Crippen molar-refractivity contribution in [3.63, 3.8) is 0 Å². The zero-order valence-electron chi connectivity index (χ0n) is 8.42. The van der Waals surface area contributed by atoms with Gasteiger partial charge in [-0.15, -0.1) is 0 Å². The van der Waals surface area contributed by atoms with Crippen LogP contribution in [0.25, 0.3) is 0 Å². The van der Waals surface area contributed by atoms with E-state index in [4.69, 9.17) is 0 Å². The molecule has 1 aliphatic heterocycles. The lowest BCUT2D eigenvalue weighted by Crippen LogP contribution is -2.28. The topological polar surface area (TPSA) is 29.1 Å². The quantitative estimate of drug-likeness (QED) is 0.710. The molecule has 0 aromatic carbocycles. The standard InChI is InChI=1S/C12H15NO/c1-3-5-7-10-8-9-12(14)13-11(10)6-4-2/h3-7H,2,8-9H2,1H3,(H,13,14)/b5-3-,10-7-,11-6+. The van der Waals surface area contributed by atoms with Crippen LogP contribution < -0.4 is 5.32 Å². The Hall–Kier alpha value is -1.57. The lowest BCUT2D eigenvalue weighted by atomic mass is 10.0. The molecule has 1 fully saturated rings. The third kappa shape index (κ3) is 2.73. The summed E-state index contributed by atoms with van der Waals surface area (Å²) in [6, 6.07) is 0. The predicted octanol–water partition coefficient (Wildman–Crippen LogP) is 2.47. The van der Waals surface area contributed by atoms with Crippen LogP contribution in [-0.4, -0.2) is 5.91 Å². The normalized spacial score (nSPS) is 23.1. The molecule has 0 aromatic rings. The van der Waals surface area contributed by atoms with Gasteiger partial charge in [0.05, 0.1) is 0 Å². The van der Waals surface area contributed by atoms with E-state index < -0.39 is 0 Å². The number of piperidine rings is 1. The molecule has 14 heavy (non-hydrogen) atoms. The first-order valence-electron chi connectivity index (χ1n) is 4.72. The number of hydrogen-bond donors (Lipinski definition) is 1. The van der Waals surface area contributed by atoms with Crippen LogP contribution >= 0.6 is 0 Å². The molecule has 1 rings (SSSR count). The smallest absolute Gasteiger partial charge is 0.224 e. The van der Waals surface area contributed by atoms with Crippen LogP contribution in [-0.2, 0) is 4.79 Å². The molecule has 0 aliphatic carbocycles. The summed E-state index contributed by atoms with van der Waals surface area (Å²) in [7, 11) is 0. The van der Waals surface area contributed by atoms with E-state index >= 15 is 0 Å². The summed E-state index contributed by atoms with van der Waals surface area (Å²) in [6.07, 6.45) is 10.8. The highest BCUT2D eigenvalue weighted by molar-refractivity contribution is 5.81. The Balaban J connectivity index is 2.88. The largest absolute Gasteiger partial charge is 0.326 e. The first-order chi connectivity index (χ1) is 6.77. The average Bonchev–Trinajstić information content (AvgIpc) is 2.17. The fraction of sp³-hybridized carbons (Fsp3) is 0.250. The van der Waals surface area contributed by atoms with Gasteiger partial charge >= 0.3 is 0 Å². The number of nitrogens with one attached hydrogen (secondary N) is 1. The molecule has 0 saturated carbocycles. The molecule has 2 nitrogen and oxygen atoms in total. The second-order valence-electron chi connectivity index (χ2n) is 3.08.